The number of fused-ring (bicyclic) bond motifs is 1. The van der Waals surface area contributed by atoms with E-state index in [2.05, 4.69) is 30.0 Å². The Morgan fingerprint density at radius 1 is 1.15 bits per heavy atom. The number of nitrogens with one attached hydrogen (secondary N) is 2. The normalized spacial score (nSPS) is 14.9. The van der Waals surface area contributed by atoms with Crippen molar-refractivity contribution in [2.45, 2.75) is 15.7 Å². The number of rotatable bonds is 9. The van der Waals surface area contributed by atoms with Gasteiger partial charge in [0.25, 0.3) is 10.0 Å². The van der Waals surface area contributed by atoms with E-state index in [0.29, 0.717) is 35.1 Å². The monoisotopic (exact) mass is 683 g/mol. The van der Waals surface area contributed by atoms with Gasteiger partial charge in [0.1, 0.15) is 5.69 Å². The van der Waals surface area contributed by atoms with Gasteiger partial charge in [0, 0.05) is 73.1 Å². The van der Waals surface area contributed by atoms with Crippen molar-refractivity contribution < 1.29 is 21.9 Å². The summed E-state index contributed by atoms with van der Waals surface area (Å²) >= 11 is 0.974. The van der Waals surface area contributed by atoms with Crippen molar-refractivity contribution in [1.29, 1.82) is 0 Å². The van der Waals surface area contributed by atoms with E-state index in [0.717, 1.165) is 72.5 Å². The summed E-state index contributed by atoms with van der Waals surface area (Å²) in [6.07, 6.45) is 1.73. The first-order chi connectivity index (χ1) is 19.0. The molecule has 0 atom stereocenters. The summed E-state index contributed by atoms with van der Waals surface area (Å²) in [5, 5.41) is 8.66. The number of nitrogens with zero attached hydrogens (tertiary/aromatic N) is 5. The Hall–Kier alpha value is -2.95. The Morgan fingerprint density at radius 2 is 1.93 bits per heavy atom. The number of alkyl halides is 3. The molecule has 1 fully saturated rings. The third kappa shape index (κ3) is 6.34. The molecule has 14 heteroatoms. The first kappa shape index (κ1) is 28.6. The van der Waals surface area contributed by atoms with Crippen molar-refractivity contribution in [2.75, 3.05) is 49.4 Å². The summed E-state index contributed by atoms with van der Waals surface area (Å²) < 4.78 is 59.8. The lowest BCUT2D eigenvalue weighted by atomic mass is 10.1. The van der Waals surface area contributed by atoms with Gasteiger partial charge in [0.05, 0.1) is 29.2 Å². The number of aryl methyl sites for hydroxylation is 2. The van der Waals surface area contributed by atoms with Crippen LogP contribution < -0.4 is 10.0 Å². The number of sulfonamides is 1. The molecule has 0 bridgehead atoms. The molecule has 0 amide bonds. The maximum atomic E-state index is 13.7. The van der Waals surface area contributed by atoms with Crippen molar-refractivity contribution in [3.05, 3.63) is 59.8 Å². The highest BCUT2D eigenvalue weighted by molar-refractivity contribution is 14.1. The molecular weight excluding hydrogens is 655 g/mol. The lowest BCUT2D eigenvalue weighted by Gasteiger charge is -2.26. The molecule has 10 nitrogen and oxygen atoms in total. The zero-order valence-electron chi connectivity index (χ0n) is 21.9. The third-order valence-electron chi connectivity index (χ3n) is 6.61. The van der Waals surface area contributed by atoms with Gasteiger partial charge in [-0.3, -0.25) is 9.62 Å². The Labute approximate surface area is 244 Å². The average molecular weight is 684 g/mol. The fourth-order valence-electron chi connectivity index (χ4n) is 4.46. The fraction of sp³-hybridized carbons (Fsp3) is 0.346. The summed E-state index contributed by atoms with van der Waals surface area (Å²) in [5.74, 6) is 0.514. The number of halogens is 3. The van der Waals surface area contributed by atoms with Crippen LogP contribution in [0.3, 0.4) is 0 Å². The highest BCUT2D eigenvalue weighted by atomic mass is 127. The van der Waals surface area contributed by atoms with Crippen LogP contribution in [0, 0.1) is 6.92 Å². The molecule has 1 saturated heterocycles. The topological polar surface area (TPSA) is 114 Å². The summed E-state index contributed by atoms with van der Waals surface area (Å²) in [5.41, 5.74) is 2.66. The molecule has 0 radical (unpaired) electrons. The lowest BCUT2D eigenvalue weighted by molar-refractivity contribution is 0.0398. The van der Waals surface area contributed by atoms with E-state index >= 15 is 0 Å². The van der Waals surface area contributed by atoms with Crippen molar-refractivity contribution in [2.24, 2.45) is 7.05 Å². The summed E-state index contributed by atoms with van der Waals surface area (Å²) in [7, 11) is -2.28. The van der Waals surface area contributed by atoms with E-state index in [1.807, 2.05) is 6.07 Å². The predicted octanol–water partition coefficient (Wildman–Crippen LogP) is 4.37. The number of morpholine rings is 1. The highest BCUT2D eigenvalue weighted by Gasteiger charge is 2.28. The van der Waals surface area contributed by atoms with Gasteiger partial charge in [0.2, 0.25) is 5.95 Å². The van der Waals surface area contributed by atoms with Gasteiger partial charge < -0.3 is 10.1 Å². The molecule has 3 heterocycles. The molecule has 1 aliphatic rings. The van der Waals surface area contributed by atoms with Crippen molar-refractivity contribution in [1.82, 2.24) is 24.6 Å². The van der Waals surface area contributed by atoms with Crippen LogP contribution in [0.15, 0.2) is 53.6 Å². The summed E-state index contributed by atoms with van der Waals surface area (Å²) in [4.78, 5) is 11.2. The van der Waals surface area contributed by atoms with E-state index < -0.39 is 14.0 Å². The van der Waals surface area contributed by atoms with Gasteiger partial charge in [-0.05, 0) is 36.8 Å². The molecule has 2 aromatic heterocycles. The van der Waals surface area contributed by atoms with Crippen LogP contribution in [0.4, 0.5) is 20.4 Å². The van der Waals surface area contributed by atoms with Crippen LogP contribution >= 0.6 is 22.6 Å². The van der Waals surface area contributed by atoms with E-state index in [4.69, 9.17) is 4.74 Å². The van der Waals surface area contributed by atoms with Crippen LogP contribution in [-0.4, -0.2) is 72.5 Å². The minimum absolute atomic E-state index is 0.243. The number of anilines is 2. The average Bonchev–Trinajstić information content (AvgIpc) is 3.25. The third-order valence-corrected chi connectivity index (χ3v) is 8.60. The molecule has 5 rings (SSSR count). The molecule has 4 aromatic rings. The SMILES string of the molecule is Cc1cc(-c2nn(C)c3nc(NCCN4CCOCC4)ncc23)ccc1NS(=O)(=O)c1cccc(C(F)(F)I)c1. The number of aromatic nitrogens is 4. The van der Waals surface area contributed by atoms with Gasteiger partial charge in [-0.2, -0.15) is 18.9 Å². The second-order valence-electron chi connectivity index (χ2n) is 9.44. The smallest absolute Gasteiger partial charge is 0.321 e. The molecule has 40 heavy (non-hydrogen) atoms. The van der Waals surface area contributed by atoms with Gasteiger partial charge in [-0.25, -0.2) is 18.1 Å². The van der Waals surface area contributed by atoms with Crippen LogP contribution in [0.5, 0.6) is 0 Å². The Balaban J connectivity index is 1.33. The van der Waals surface area contributed by atoms with Gasteiger partial charge in [-0.15, -0.1) is 0 Å². The Kier molecular flexibility index (Phi) is 8.22. The standard InChI is InChI=1S/C26H28F2IN7O3S/c1-17-14-18(6-7-22(17)34-40(37,38)20-5-3-4-19(15-20)26(27,28)29)23-21-16-31-25(32-24(21)35(2)33-23)30-8-9-36-10-12-39-13-11-36/h3-7,14-16,34H,8-13H2,1-2H3,(H,30,31,32). The first-order valence-electron chi connectivity index (χ1n) is 12.6. The predicted molar refractivity (Wildman–Crippen MR) is 157 cm³/mol. The lowest BCUT2D eigenvalue weighted by Crippen LogP contribution is -2.39. The molecule has 212 valence electrons. The van der Waals surface area contributed by atoms with Crippen molar-refractivity contribution >= 4 is 55.3 Å². The molecule has 0 spiro atoms. The van der Waals surface area contributed by atoms with Gasteiger partial charge >= 0.3 is 3.93 Å². The maximum absolute atomic E-state index is 13.7. The first-order valence-corrected chi connectivity index (χ1v) is 15.1. The second kappa shape index (κ2) is 11.5. The zero-order valence-corrected chi connectivity index (χ0v) is 24.8. The Bertz CT molecular complexity index is 1640. The minimum Gasteiger partial charge on any atom is -0.379 e. The molecule has 1 aliphatic heterocycles. The maximum Gasteiger partial charge on any atom is 0.321 e. The summed E-state index contributed by atoms with van der Waals surface area (Å²) in [6.45, 7) is 6.66. The van der Waals surface area contributed by atoms with Crippen LogP contribution in [0.2, 0.25) is 0 Å². The molecule has 2 N–H and O–H groups in total. The van der Waals surface area contributed by atoms with Gasteiger partial charge in [-0.1, -0.05) is 18.2 Å². The largest absolute Gasteiger partial charge is 0.379 e. The second-order valence-corrected chi connectivity index (χ2v) is 12.5. The zero-order chi connectivity index (χ0) is 28.5. The highest BCUT2D eigenvalue weighted by Crippen LogP contribution is 2.36. The van der Waals surface area contributed by atoms with Gasteiger partial charge in [0.15, 0.2) is 5.65 Å². The quantitative estimate of drug-likeness (QED) is 0.198. The van der Waals surface area contributed by atoms with Crippen LogP contribution in [0.1, 0.15) is 11.1 Å². The number of benzene rings is 2. The molecule has 0 aliphatic carbocycles. The molecule has 0 saturated carbocycles. The van der Waals surface area contributed by atoms with Crippen LogP contribution in [-0.2, 0) is 25.7 Å². The summed E-state index contributed by atoms with van der Waals surface area (Å²) in [6, 6.07) is 9.93. The van der Waals surface area contributed by atoms with Crippen LogP contribution in [0.25, 0.3) is 22.3 Å². The van der Waals surface area contributed by atoms with Crippen molar-refractivity contribution in [3.63, 3.8) is 0 Å². The fourth-order valence-corrected chi connectivity index (χ4v) is 5.97. The van der Waals surface area contributed by atoms with E-state index in [1.54, 1.807) is 37.0 Å². The Morgan fingerprint density at radius 3 is 2.65 bits per heavy atom. The molecule has 2 aromatic carbocycles. The molecular formula is C26H28F2IN7O3S. The minimum atomic E-state index is -4.09. The van der Waals surface area contributed by atoms with Crippen molar-refractivity contribution in [3.8, 4) is 11.3 Å². The van der Waals surface area contributed by atoms with E-state index in [9.17, 15) is 17.2 Å². The van der Waals surface area contributed by atoms with E-state index in [-0.39, 0.29) is 10.5 Å². The molecule has 0 unspecified atom stereocenters. The number of ether oxygens (including phenoxy) is 1. The number of hydrogen-bond acceptors (Lipinski definition) is 8. The van der Waals surface area contributed by atoms with E-state index in [1.165, 1.54) is 18.2 Å². The number of hydrogen-bond donors (Lipinski definition) is 2.